The monoisotopic (exact) mass is 537 g/mol. The highest BCUT2D eigenvalue weighted by molar-refractivity contribution is 5.48. The summed E-state index contributed by atoms with van der Waals surface area (Å²) in [4.78, 5) is 33.1. The van der Waals surface area contributed by atoms with Gasteiger partial charge in [0, 0.05) is 0 Å². The Bertz CT molecular complexity index is 780. The molecule has 0 bridgehead atoms. The number of carbonyl (C=O) groups is 3. The van der Waals surface area contributed by atoms with Gasteiger partial charge in [-0.15, -0.1) is 0 Å². The third kappa shape index (κ3) is 6.19. The highest BCUT2D eigenvalue weighted by Crippen LogP contribution is 2.32. The quantitative estimate of drug-likeness (QED) is 0.122. The third-order valence-corrected chi connectivity index (χ3v) is 6.88. The Kier molecular flexibility index (Phi) is 10.2. The largest absolute Gasteiger partial charge is 0.388 e. The maximum atomic E-state index is 11.2. The number of nitrogens with one attached hydrogen (secondary N) is 3. The smallest absolute Gasteiger partial charge is 0.207 e. The SMILES string of the molecule is C[C@H]1O[C@H](O[C@@H]2[C@@H](O[C@@H]3[C@H](O)[C@@H](O)O[C@H](C)[C@H]3NC=O)O[C@H](C)[C@@H](NC=O)[C@@H]2O)[C@@H](O)[C@@H](O)[C@@H]1NC=O. The molecule has 3 amide bonds. The number of amides is 3. The molecule has 0 saturated carbocycles. The summed E-state index contributed by atoms with van der Waals surface area (Å²) in [6.45, 7) is 4.58. The van der Waals surface area contributed by atoms with Crippen molar-refractivity contribution in [3.05, 3.63) is 0 Å². The van der Waals surface area contributed by atoms with Crippen LogP contribution in [0.5, 0.6) is 0 Å². The van der Waals surface area contributed by atoms with Gasteiger partial charge in [-0.25, -0.2) is 0 Å². The molecule has 0 spiro atoms. The molecule has 0 aromatic rings. The normalized spacial score (nSPS) is 48.5. The number of aliphatic hydroxyl groups is 5. The fourth-order valence-corrected chi connectivity index (χ4v) is 4.85. The average molecular weight is 538 g/mol. The number of rotatable bonds is 10. The second-order valence-electron chi connectivity index (χ2n) is 9.25. The minimum absolute atomic E-state index is 0.347. The second kappa shape index (κ2) is 12.7. The Labute approximate surface area is 212 Å². The van der Waals surface area contributed by atoms with Crippen LogP contribution >= 0.6 is 0 Å². The molecule has 3 saturated heterocycles. The van der Waals surface area contributed by atoms with Crippen molar-refractivity contribution >= 4 is 19.2 Å². The van der Waals surface area contributed by atoms with E-state index in [1.807, 2.05) is 0 Å². The molecule has 37 heavy (non-hydrogen) atoms. The summed E-state index contributed by atoms with van der Waals surface area (Å²) < 4.78 is 28.4. The van der Waals surface area contributed by atoms with Crippen molar-refractivity contribution in [2.75, 3.05) is 0 Å². The molecule has 212 valence electrons. The molecular formula is C21H35N3O13. The molecule has 16 heteroatoms. The van der Waals surface area contributed by atoms with Crippen LogP contribution in [0.2, 0.25) is 0 Å². The summed E-state index contributed by atoms with van der Waals surface area (Å²) in [5, 5.41) is 60.0. The van der Waals surface area contributed by atoms with Crippen LogP contribution in [0.15, 0.2) is 0 Å². The van der Waals surface area contributed by atoms with E-state index in [1.165, 1.54) is 20.8 Å². The van der Waals surface area contributed by atoms with E-state index in [0.29, 0.717) is 19.2 Å². The van der Waals surface area contributed by atoms with Gasteiger partial charge in [-0.1, -0.05) is 0 Å². The predicted molar refractivity (Wildman–Crippen MR) is 118 cm³/mol. The molecule has 3 heterocycles. The standard InChI is InChI=1S/C21H35N3O13/c1-7-10(22-4-25)13(28)15(30)20(34-7)37-18-14(29)11(23-5-26)8(2)35-21(18)36-17-12(24-6-27)9(3)33-19(32)16(17)31/h4-21,28-32H,1-3H3,(H,22,25)(H,23,26)(H,24,27)/t7-,8-,9-,10-,11-,12-,13+,14+,15+,16+,17+,18+,19+,20-,21-/m1/s1. The third-order valence-electron chi connectivity index (χ3n) is 6.88. The molecule has 0 unspecified atom stereocenters. The van der Waals surface area contributed by atoms with Crippen LogP contribution in [0.1, 0.15) is 20.8 Å². The zero-order valence-electron chi connectivity index (χ0n) is 20.4. The molecule has 3 aliphatic rings. The highest BCUT2D eigenvalue weighted by Gasteiger charge is 2.53. The second-order valence-corrected chi connectivity index (χ2v) is 9.25. The molecule has 3 rings (SSSR count). The van der Waals surface area contributed by atoms with Gasteiger partial charge in [0.1, 0.15) is 36.6 Å². The van der Waals surface area contributed by atoms with Gasteiger partial charge in [0.15, 0.2) is 18.9 Å². The zero-order chi connectivity index (χ0) is 27.4. The van der Waals surface area contributed by atoms with E-state index in [4.69, 9.17) is 23.7 Å². The number of hydrogen-bond acceptors (Lipinski definition) is 13. The van der Waals surface area contributed by atoms with E-state index >= 15 is 0 Å². The summed E-state index contributed by atoms with van der Waals surface area (Å²) in [6.07, 6.45) is -15.2. The Morgan fingerprint density at radius 2 is 1.03 bits per heavy atom. The van der Waals surface area contributed by atoms with Gasteiger partial charge in [-0.3, -0.25) is 14.4 Å². The van der Waals surface area contributed by atoms with Gasteiger partial charge in [-0.05, 0) is 20.8 Å². The predicted octanol–water partition coefficient (Wildman–Crippen LogP) is -5.23. The molecule has 3 fully saturated rings. The lowest BCUT2D eigenvalue weighted by Gasteiger charge is -2.49. The fraction of sp³-hybridized carbons (Fsp3) is 0.857. The highest BCUT2D eigenvalue weighted by atomic mass is 16.8. The number of ether oxygens (including phenoxy) is 5. The molecule has 15 atom stereocenters. The number of carbonyl (C=O) groups excluding carboxylic acids is 3. The molecule has 0 aromatic heterocycles. The number of aliphatic hydroxyl groups excluding tert-OH is 5. The van der Waals surface area contributed by atoms with Crippen molar-refractivity contribution in [1.29, 1.82) is 0 Å². The Balaban J connectivity index is 1.87. The van der Waals surface area contributed by atoms with Crippen molar-refractivity contribution in [3.63, 3.8) is 0 Å². The number of hydrogen-bond donors (Lipinski definition) is 8. The topological polar surface area (TPSA) is 235 Å². The van der Waals surface area contributed by atoms with Crippen molar-refractivity contribution in [3.8, 4) is 0 Å². The fourth-order valence-electron chi connectivity index (χ4n) is 4.85. The Morgan fingerprint density at radius 3 is 1.59 bits per heavy atom. The molecule has 0 radical (unpaired) electrons. The summed E-state index contributed by atoms with van der Waals surface area (Å²) in [5.41, 5.74) is 0. The average Bonchev–Trinajstić information content (AvgIpc) is 2.85. The van der Waals surface area contributed by atoms with Gasteiger partial charge in [-0.2, -0.15) is 0 Å². The lowest BCUT2D eigenvalue weighted by Crippen LogP contribution is -2.69. The van der Waals surface area contributed by atoms with E-state index in [9.17, 15) is 39.9 Å². The van der Waals surface area contributed by atoms with E-state index in [1.54, 1.807) is 0 Å². The lowest BCUT2D eigenvalue weighted by atomic mass is 9.94. The minimum Gasteiger partial charge on any atom is -0.388 e. The van der Waals surface area contributed by atoms with Crippen LogP contribution < -0.4 is 16.0 Å². The molecular weight excluding hydrogens is 502 g/mol. The summed E-state index contributed by atoms with van der Waals surface area (Å²) in [5.74, 6) is 0. The van der Waals surface area contributed by atoms with Gasteiger partial charge in [0.25, 0.3) is 0 Å². The van der Waals surface area contributed by atoms with E-state index in [0.717, 1.165) is 0 Å². The van der Waals surface area contributed by atoms with Crippen molar-refractivity contribution in [2.45, 2.75) is 113 Å². The summed E-state index contributed by atoms with van der Waals surface area (Å²) in [7, 11) is 0. The van der Waals surface area contributed by atoms with Crippen LogP contribution in [0, 0.1) is 0 Å². The Hall–Kier alpha value is -1.99. The van der Waals surface area contributed by atoms with Crippen LogP contribution in [0.25, 0.3) is 0 Å². The van der Waals surface area contributed by atoms with Crippen LogP contribution in [-0.2, 0) is 38.1 Å². The van der Waals surface area contributed by atoms with Crippen molar-refractivity contribution < 1.29 is 63.6 Å². The van der Waals surface area contributed by atoms with E-state index in [2.05, 4.69) is 16.0 Å². The van der Waals surface area contributed by atoms with Gasteiger partial charge < -0.3 is 65.2 Å². The van der Waals surface area contributed by atoms with Gasteiger partial charge in [0.2, 0.25) is 19.2 Å². The molecule has 0 aliphatic carbocycles. The summed E-state index contributed by atoms with van der Waals surface area (Å²) >= 11 is 0. The van der Waals surface area contributed by atoms with Crippen LogP contribution in [0.3, 0.4) is 0 Å². The Morgan fingerprint density at radius 1 is 0.568 bits per heavy atom. The van der Waals surface area contributed by atoms with E-state index < -0.39 is 91.9 Å². The zero-order valence-corrected chi connectivity index (χ0v) is 20.4. The van der Waals surface area contributed by atoms with E-state index in [-0.39, 0.29) is 0 Å². The van der Waals surface area contributed by atoms with Crippen molar-refractivity contribution in [2.24, 2.45) is 0 Å². The minimum atomic E-state index is -1.68. The maximum Gasteiger partial charge on any atom is 0.207 e. The summed E-state index contributed by atoms with van der Waals surface area (Å²) in [6, 6.07) is -2.90. The molecule has 3 aliphatic heterocycles. The van der Waals surface area contributed by atoms with Crippen molar-refractivity contribution in [1.82, 2.24) is 16.0 Å². The van der Waals surface area contributed by atoms with Gasteiger partial charge >= 0.3 is 0 Å². The first-order chi connectivity index (χ1) is 17.5. The maximum absolute atomic E-state index is 11.2. The molecule has 16 nitrogen and oxygen atoms in total. The first-order valence-electron chi connectivity index (χ1n) is 11.8. The van der Waals surface area contributed by atoms with Crippen LogP contribution in [-0.4, -0.2) is 137 Å². The lowest BCUT2D eigenvalue weighted by molar-refractivity contribution is -0.365. The van der Waals surface area contributed by atoms with Crippen LogP contribution in [0.4, 0.5) is 0 Å². The first-order valence-corrected chi connectivity index (χ1v) is 11.8. The first kappa shape index (κ1) is 29.6. The molecule has 8 N–H and O–H groups in total. The van der Waals surface area contributed by atoms with Gasteiger partial charge in [0.05, 0.1) is 36.4 Å². The molecule has 0 aromatic carbocycles.